The summed E-state index contributed by atoms with van der Waals surface area (Å²) in [6, 6.07) is 7.97. The third kappa shape index (κ3) is 3.03. The molecule has 1 aliphatic heterocycles. The number of ketones is 1. The number of rotatable bonds is 3. The number of benzene rings is 2. The summed E-state index contributed by atoms with van der Waals surface area (Å²) in [5.74, 6) is -2.21. The predicted molar refractivity (Wildman–Crippen MR) is 93.2 cm³/mol. The summed E-state index contributed by atoms with van der Waals surface area (Å²) in [7, 11) is -4.01. The van der Waals surface area contributed by atoms with Crippen molar-refractivity contribution in [2.75, 3.05) is 5.75 Å². The minimum Gasteiger partial charge on any atom is -0.289 e. The summed E-state index contributed by atoms with van der Waals surface area (Å²) < 4.78 is 38.6. The van der Waals surface area contributed by atoms with Crippen molar-refractivity contribution in [2.24, 2.45) is 0 Å². The summed E-state index contributed by atoms with van der Waals surface area (Å²) in [5, 5.41) is 11.2. The smallest absolute Gasteiger partial charge is 0.273 e. The van der Waals surface area contributed by atoms with Gasteiger partial charge in [0.2, 0.25) is 0 Å². The molecule has 3 rings (SSSR count). The number of fused-ring (bicyclic) bond motifs is 1. The molecular formula is C18H14FNO5S. The molecule has 0 aliphatic carbocycles. The summed E-state index contributed by atoms with van der Waals surface area (Å²) in [5.41, 5.74) is 0.502. The van der Waals surface area contributed by atoms with Crippen molar-refractivity contribution < 1.29 is 22.5 Å². The number of carbonyl (C=O) groups is 1. The van der Waals surface area contributed by atoms with Crippen LogP contribution in [0.2, 0.25) is 0 Å². The van der Waals surface area contributed by atoms with Crippen LogP contribution in [0.3, 0.4) is 0 Å². The Kier molecular flexibility index (Phi) is 4.45. The first-order valence-corrected chi connectivity index (χ1v) is 9.43. The zero-order valence-electron chi connectivity index (χ0n) is 13.7. The average molecular weight is 375 g/mol. The molecule has 26 heavy (non-hydrogen) atoms. The Labute approximate surface area is 149 Å². The second-order valence-electron chi connectivity index (χ2n) is 5.87. The largest absolute Gasteiger partial charge is 0.289 e. The summed E-state index contributed by atoms with van der Waals surface area (Å²) in [6.07, 6.45) is 1.77. The quantitative estimate of drug-likeness (QED) is 0.466. The van der Waals surface area contributed by atoms with Crippen LogP contribution < -0.4 is 0 Å². The van der Waals surface area contributed by atoms with Crippen LogP contribution in [0.4, 0.5) is 10.1 Å². The van der Waals surface area contributed by atoms with E-state index in [-0.39, 0.29) is 16.8 Å². The van der Waals surface area contributed by atoms with Crippen LogP contribution in [0.25, 0.3) is 6.08 Å². The average Bonchev–Trinajstić information content (AvgIpc) is 2.58. The van der Waals surface area contributed by atoms with Crippen LogP contribution >= 0.6 is 0 Å². The number of carbonyl (C=O) groups excluding carboxylic acids is 1. The Morgan fingerprint density at radius 2 is 2.00 bits per heavy atom. The zero-order valence-corrected chi connectivity index (χ0v) is 14.5. The maximum Gasteiger partial charge on any atom is 0.273 e. The molecule has 0 saturated heterocycles. The second kappa shape index (κ2) is 6.45. The van der Waals surface area contributed by atoms with Gasteiger partial charge in [0, 0.05) is 22.8 Å². The highest BCUT2D eigenvalue weighted by atomic mass is 32.2. The third-order valence-electron chi connectivity index (χ3n) is 4.19. The van der Waals surface area contributed by atoms with Crippen molar-refractivity contribution in [1.82, 2.24) is 0 Å². The lowest BCUT2D eigenvalue weighted by Gasteiger charge is -2.18. The molecule has 0 unspecified atom stereocenters. The Hall–Kier alpha value is -2.87. The van der Waals surface area contributed by atoms with Gasteiger partial charge in [-0.1, -0.05) is 25.1 Å². The van der Waals surface area contributed by atoms with Crippen LogP contribution in [-0.2, 0) is 16.3 Å². The Morgan fingerprint density at radius 3 is 2.65 bits per heavy atom. The van der Waals surface area contributed by atoms with Gasteiger partial charge >= 0.3 is 0 Å². The van der Waals surface area contributed by atoms with E-state index in [4.69, 9.17) is 0 Å². The monoisotopic (exact) mass is 375 g/mol. The van der Waals surface area contributed by atoms with Crippen molar-refractivity contribution in [2.45, 2.75) is 18.2 Å². The lowest BCUT2D eigenvalue weighted by atomic mass is 10.00. The SMILES string of the molecule is CCc1ccc(/C=C2\CS(=O)(=O)c3c(F)cccc3C2=O)cc1[N+](=O)[O-]. The highest BCUT2D eigenvalue weighted by Gasteiger charge is 2.35. The van der Waals surface area contributed by atoms with E-state index in [9.17, 15) is 27.7 Å². The molecule has 0 aromatic heterocycles. The molecule has 0 bridgehead atoms. The van der Waals surface area contributed by atoms with Crippen molar-refractivity contribution >= 4 is 27.4 Å². The molecule has 1 heterocycles. The van der Waals surface area contributed by atoms with Crippen molar-refractivity contribution in [3.05, 3.63) is 74.6 Å². The molecule has 0 N–H and O–H groups in total. The first-order chi connectivity index (χ1) is 12.2. The lowest BCUT2D eigenvalue weighted by molar-refractivity contribution is -0.385. The molecule has 6 nitrogen and oxygen atoms in total. The van der Waals surface area contributed by atoms with Gasteiger partial charge in [-0.25, -0.2) is 12.8 Å². The molecule has 0 spiro atoms. The molecule has 0 radical (unpaired) electrons. The molecular weight excluding hydrogens is 361 g/mol. The molecule has 0 amide bonds. The standard InChI is InChI=1S/C18H14FNO5S/c1-2-12-7-6-11(9-16(12)20(22)23)8-13-10-26(24,25)18-14(17(13)21)4-3-5-15(18)19/h3-9H,2,10H2,1H3/b13-8+. The first kappa shape index (κ1) is 17.9. The fraction of sp³-hybridized carbons (Fsp3) is 0.167. The van der Waals surface area contributed by atoms with Crippen molar-refractivity contribution in [3.63, 3.8) is 0 Å². The van der Waals surface area contributed by atoms with Crippen LogP contribution in [0.1, 0.15) is 28.4 Å². The van der Waals surface area contributed by atoms with E-state index in [1.54, 1.807) is 19.1 Å². The third-order valence-corrected chi connectivity index (χ3v) is 5.92. The molecule has 134 valence electrons. The topological polar surface area (TPSA) is 94.3 Å². The fourth-order valence-electron chi connectivity index (χ4n) is 2.97. The number of halogens is 1. The van der Waals surface area contributed by atoms with Crippen molar-refractivity contribution in [1.29, 1.82) is 0 Å². The number of hydrogen-bond acceptors (Lipinski definition) is 5. The van der Waals surface area contributed by atoms with E-state index in [0.717, 1.165) is 6.07 Å². The number of aryl methyl sites for hydroxylation is 1. The number of nitro benzene ring substituents is 1. The van der Waals surface area contributed by atoms with Gasteiger partial charge < -0.3 is 0 Å². The van der Waals surface area contributed by atoms with Gasteiger partial charge in [0.15, 0.2) is 15.6 Å². The Morgan fingerprint density at radius 1 is 1.27 bits per heavy atom. The fourth-order valence-corrected chi connectivity index (χ4v) is 4.60. The van der Waals surface area contributed by atoms with Gasteiger partial charge in [-0.3, -0.25) is 14.9 Å². The van der Waals surface area contributed by atoms with E-state index in [0.29, 0.717) is 17.5 Å². The normalized spacial score (nSPS) is 17.2. The molecule has 8 heteroatoms. The molecule has 2 aromatic carbocycles. The maximum absolute atomic E-state index is 13.9. The van der Waals surface area contributed by atoms with Crippen LogP contribution in [0.15, 0.2) is 46.9 Å². The molecule has 2 aromatic rings. The van der Waals surface area contributed by atoms with Gasteiger partial charge in [0.25, 0.3) is 5.69 Å². The molecule has 0 saturated carbocycles. The number of sulfone groups is 1. The van der Waals surface area contributed by atoms with Gasteiger partial charge in [0.05, 0.1) is 10.7 Å². The number of nitrogens with zero attached hydrogens (tertiary/aromatic N) is 1. The lowest BCUT2D eigenvalue weighted by Crippen LogP contribution is -2.25. The van der Waals surface area contributed by atoms with E-state index in [1.807, 2.05) is 0 Å². The van der Waals surface area contributed by atoms with E-state index >= 15 is 0 Å². The highest BCUT2D eigenvalue weighted by molar-refractivity contribution is 7.92. The number of nitro groups is 1. The van der Waals surface area contributed by atoms with Crippen molar-refractivity contribution in [3.8, 4) is 0 Å². The Bertz CT molecular complexity index is 1070. The summed E-state index contributed by atoms with van der Waals surface area (Å²) in [6.45, 7) is 1.78. The summed E-state index contributed by atoms with van der Waals surface area (Å²) in [4.78, 5) is 22.6. The first-order valence-electron chi connectivity index (χ1n) is 7.78. The van der Waals surface area contributed by atoms with E-state index < -0.39 is 37.0 Å². The predicted octanol–water partition coefficient (Wildman–Crippen LogP) is 3.35. The zero-order chi connectivity index (χ0) is 19.1. The minimum atomic E-state index is -4.01. The van der Waals surface area contributed by atoms with Gasteiger partial charge in [-0.05, 0) is 30.2 Å². The highest BCUT2D eigenvalue weighted by Crippen LogP contribution is 2.31. The number of hydrogen-bond donors (Lipinski definition) is 0. The molecule has 0 fully saturated rings. The molecule has 1 aliphatic rings. The van der Waals surface area contributed by atoms with Crippen LogP contribution in [0.5, 0.6) is 0 Å². The Balaban J connectivity index is 2.13. The van der Waals surface area contributed by atoms with Gasteiger partial charge in [-0.15, -0.1) is 0 Å². The van der Waals surface area contributed by atoms with Crippen LogP contribution in [-0.4, -0.2) is 24.9 Å². The van der Waals surface area contributed by atoms with Gasteiger partial charge in [-0.2, -0.15) is 0 Å². The second-order valence-corrected chi connectivity index (χ2v) is 7.80. The van der Waals surface area contributed by atoms with Gasteiger partial charge in [0.1, 0.15) is 10.7 Å². The number of Topliss-reactive ketones (excluding diaryl/α,β-unsaturated/α-hetero) is 1. The maximum atomic E-state index is 13.9. The van der Waals surface area contributed by atoms with E-state index in [1.165, 1.54) is 24.3 Å². The van der Waals surface area contributed by atoms with Crippen LogP contribution in [0, 0.1) is 15.9 Å². The summed E-state index contributed by atoms with van der Waals surface area (Å²) >= 11 is 0. The molecule has 0 atom stereocenters. The van der Waals surface area contributed by atoms with E-state index in [2.05, 4.69) is 0 Å². The minimum absolute atomic E-state index is 0.0540.